The monoisotopic (exact) mass is 264 g/mol. The first-order valence-electron chi connectivity index (χ1n) is 6.65. The van der Waals surface area contributed by atoms with Gasteiger partial charge in [-0.1, -0.05) is 25.7 Å². The quantitative estimate of drug-likeness (QED) is 0.630. The highest BCUT2D eigenvalue weighted by Gasteiger charge is 2.04. The van der Waals surface area contributed by atoms with Crippen molar-refractivity contribution in [1.29, 1.82) is 0 Å². The van der Waals surface area contributed by atoms with Crippen molar-refractivity contribution in [3.63, 3.8) is 0 Å². The third kappa shape index (κ3) is 6.26. The van der Waals surface area contributed by atoms with Gasteiger partial charge in [0.15, 0.2) is 0 Å². The van der Waals surface area contributed by atoms with Gasteiger partial charge in [0.25, 0.3) is 0 Å². The molecule has 19 heavy (non-hydrogen) atoms. The minimum absolute atomic E-state index is 0.0266. The average molecular weight is 264 g/mol. The minimum atomic E-state index is -0.327. The third-order valence-corrected chi connectivity index (χ3v) is 2.59. The summed E-state index contributed by atoms with van der Waals surface area (Å²) in [5.41, 5.74) is 0.666. The van der Waals surface area contributed by atoms with Crippen LogP contribution in [0.3, 0.4) is 0 Å². The van der Waals surface area contributed by atoms with Crippen LogP contribution in [0.25, 0.3) is 0 Å². The van der Waals surface area contributed by atoms with Crippen LogP contribution in [0.2, 0.25) is 0 Å². The van der Waals surface area contributed by atoms with E-state index in [1.54, 1.807) is 6.07 Å². The van der Waals surface area contributed by atoms with Gasteiger partial charge >= 0.3 is 0 Å². The number of aliphatic hydroxyl groups excluding tert-OH is 1. The molecule has 0 spiro atoms. The van der Waals surface area contributed by atoms with Crippen molar-refractivity contribution in [2.45, 2.75) is 33.1 Å². The minimum Gasteiger partial charge on any atom is -0.492 e. The Morgan fingerprint density at radius 2 is 2.16 bits per heavy atom. The summed E-state index contributed by atoms with van der Waals surface area (Å²) in [4.78, 5) is 0. The molecular formula is C16H21FO2. The van der Waals surface area contributed by atoms with Crippen LogP contribution in [0, 0.1) is 23.6 Å². The second kappa shape index (κ2) is 8.55. The Labute approximate surface area is 114 Å². The normalized spacial score (nSPS) is 10.2. The number of hydrogen-bond acceptors (Lipinski definition) is 2. The van der Waals surface area contributed by atoms with Crippen LogP contribution in [-0.2, 0) is 0 Å². The van der Waals surface area contributed by atoms with Crippen molar-refractivity contribution in [2.75, 3.05) is 13.2 Å². The Balaban J connectivity index is 2.64. The average Bonchev–Trinajstić information content (AvgIpc) is 2.37. The molecular weight excluding hydrogens is 243 g/mol. The smallest absolute Gasteiger partial charge is 0.137 e. The van der Waals surface area contributed by atoms with Crippen molar-refractivity contribution in [3.8, 4) is 17.6 Å². The molecule has 0 aliphatic carbocycles. The van der Waals surface area contributed by atoms with Crippen molar-refractivity contribution < 1.29 is 14.2 Å². The van der Waals surface area contributed by atoms with Crippen LogP contribution in [0.5, 0.6) is 5.75 Å². The zero-order valence-corrected chi connectivity index (χ0v) is 11.6. The van der Waals surface area contributed by atoms with Gasteiger partial charge in [0.05, 0.1) is 18.8 Å². The molecule has 0 saturated heterocycles. The van der Waals surface area contributed by atoms with E-state index in [1.807, 2.05) is 0 Å². The molecule has 0 radical (unpaired) electrons. The highest BCUT2D eigenvalue weighted by molar-refractivity contribution is 5.46. The van der Waals surface area contributed by atoms with E-state index in [2.05, 4.69) is 25.7 Å². The summed E-state index contributed by atoms with van der Waals surface area (Å²) < 4.78 is 18.8. The topological polar surface area (TPSA) is 29.5 Å². The predicted molar refractivity (Wildman–Crippen MR) is 74.5 cm³/mol. The lowest BCUT2D eigenvalue weighted by Gasteiger charge is -2.09. The van der Waals surface area contributed by atoms with E-state index >= 15 is 0 Å². The van der Waals surface area contributed by atoms with E-state index in [0.717, 1.165) is 12.8 Å². The summed E-state index contributed by atoms with van der Waals surface area (Å²) in [5.74, 6) is 6.50. The molecule has 0 amide bonds. The molecule has 0 aliphatic rings. The molecule has 0 aromatic heterocycles. The fourth-order valence-corrected chi connectivity index (χ4v) is 1.61. The lowest BCUT2D eigenvalue weighted by molar-refractivity contribution is 0.295. The summed E-state index contributed by atoms with van der Waals surface area (Å²) >= 11 is 0. The van der Waals surface area contributed by atoms with Gasteiger partial charge in [-0.05, 0) is 30.9 Å². The second-order valence-corrected chi connectivity index (χ2v) is 4.80. The molecule has 3 heteroatoms. The van der Waals surface area contributed by atoms with Gasteiger partial charge in [-0.25, -0.2) is 4.39 Å². The predicted octanol–water partition coefficient (Wildman–Crippen LogP) is 3.37. The second-order valence-electron chi connectivity index (χ2n) is 4.80. The Hall–Kier alpha value is -1.53. The molecule has 0 bridgehead atoms. The number of aliphatic hydroxyl groups is 1. The third-order valence-electron chi connectivity index (χ3n) is 2.59. The maximum absolute atomic E-state index is 13.2. The summed E-state index contributed by atoms with van der Waals surface area (Å²) in [6.07, 6.45) is 2.43. The van der Waals surface area contributed by atoms with E-state index in [4.69, 9.17) is 9.84 Å². The number of halogens is 1. The SMILES string of the molecule is CC(C)CCCOc1cc(F)ccc1C#CCCO. The van der Waals surface area contributed by atoms with Crippen molar-refractivity contribution >= 4 is 0 Å². The summed E-state index contributed by atoms with van der Waals surface area (Å²) in [7, 11) is 0. The molecule has 1 aromatic rings. The first-order valence-corrected chi connectivity index (χ1v) is 6.65. The largest absolute Gasteiger partial charge is 0.492 e. The molecule has 2 nitrogen and oxygen atoms in total. The van der Waals surface area contributed by atoms with Gasteiger partial charge in [0, 0.05) is 12.5 Å². The number of rotatable bonds is 6. The Morgan fingerprint density at radius 3 is 2.84 bits per heavy atom. The molecule has 0 unspecified atom stereocenters. The molecule has 1 aromatic carbocycles. The number of hydrogen-bond donors (Lipinski definition) is 1. The molecule has 0 heterocycles. The Bertz CT molecular complexity index is 444. The molecule has 1 N–H and O–H groups in total. The van der Waals surface area contributed by atoms with Gasteiger partial charge in [0.1, 0.15) is 11.6 Å². The first-order chi connectivity index (χ1) is 9.13. The van der Waals surface area contributed by atoms with Gasteiger partial charge in [-0.3, -0.25) is 0 Å². The Morgan fingerprint density at radius 1 is 1.37 bits per heavy atom. The highest BCUT2D eigenvalue weighted by atomic mass is 19.1. The molecule has 0 fully saturated rings. The van der Waals surface area contributed by atoms with E-state index in [-0.39, 0.29) is 12.4 Å². The van der Waals surface area contributed by atoms with E-state index in [0.29, 0.717) is 30.3 Å². The van der Waals surface area contributed by atoms with Gasteiger partial charge in [0.2, 0.25) is 0 Å². The van der Waals surface area contributed by atoms with Crippen molar-refractivity contribution in [2.24, 2.45) is 5.92 Å². The zero-order valence-electron chi connectivity index (χ0n) is 11.6. The summed E-state index contributed by atoms with van der Waals surface area (Å²) in [6.45, 7) is 4.91. The first kappa shape index (κ1) is 15.5. The molecule has 0 saturated carbocycles. The van der Waals surface area contributed by atoms with Crippen LogP contribution in [-0.4, -0.2) is 18.3 Å². The van der Waals surface area contributed by atoms with Crippen LogP contribution in [0.4, 0.5) is 4.39 Å². The van der Waals surface area contributed by atoms with Gasteiger partial charge in [-0.15, -0.1) is 0 Å². The molecule has 104 valence electrons. The maximum Gasteiger partial charge on any atom is 0.137 e. The van der Waals surface area contributed by atoms with Gasteiger partial charge in [-0.2, -0.15) is 0 Å². The lowest BCUT2D eigenvalue weighted by atomic mass is 10.1. The van der Waals surface area contributed by atoms with Crippen LogP contribution in [0.1, 0.15) is 38.7 Å². The van der Waals surface area contributed by atoms with E-state index in [1.165, 1.54) is 12.1 Å². The van der Waals surface area contributed by atoms with Crippen molar-refractivity contribution in [1.82, 2.24) is 0 Å². The number of benzene rings is 1. The highest BCUT2D eigenvalue weighted by Crippen LogP contribution is 2.19. The Kier molecular flexibility index (Phi) is 6.99. The lowest BCUT2D eigenvalue weighted by Crippen LogP contribution is -2.01. The fraction of sp³-hybridized carbons (Fsp3) is 0.500. The van der Waals surface area contributed by atoms with Crippen LogP contribution in [0.15, 0.2) is 18.2 Å². The maximum atomic E-state index is 13.2. The fourth-order valence-electron chi connectivity index (χ4n) is 1.61. The van der Waals surface area contributed by atoms with Crippen LogP contribution < -0.4 is 4.74 Å². The molecule has 1 rings (SSSR count). The molecule has 0 atom stereocenters. The number of ether oxygens (including phenoxy) is 1. The van der Waals surface area contributed by atoms with Crippen LogP contribution >= 0.6 is 0 Å². The van der Waals surface area contributed by atoms with E-state index < -0.39 is 0 Å². The van der Waals surface area contributed by atoms with E-state index in [9.17, 15) is 4.39 Å². The standard InChI is InChI=1S/C16H21FO2/c1-13(2)6-5-11-19-16-12-15(17)9-8-14(16)7-3-4-10-18/h8-9,12-13,18H,4-6,10-11H2,1-2H3. The summed E-state index contributed by atoms with van der Waals surface area (Å²) in [5, 5.41) is 8.69. The molecule has 0 aliphatic heterocycles. The van der Waals surface area contributed by atoms with Crippen molar-refractivity contribution in [3.05, 3.63) is 29.6 Å². The zero-order chi connectivity index (χ0) is 14.1. The van der Waals surface area contributed by atoms with Gasteiger partial charge < -0.3 is 9.84 Å². The summed E-state index contributed by atoms with van der Waals surface area (Å²) in [6, 6.07) is 4.33.